The second-order valence-corrected chi connectivity index (χ2v) is 4.04. The predicted octanol–water partition coefficient (Wildman–Crippen LogP) is 2.32. The molecule has 1 N–H and O–H groups in total. The minimum absolute atomic E-state index is 0.678. The first-order valence-electron chi connectivity index (χ1n) is 3.02. The van der Waals surface area contributed by atoms with Gasteiger partial charge in [0.1, 0.15) is 0 Å². The van der Waals surface area contributed by atoms with E-state index >= 15 is 0 Å². The second-order valence-electron chi connectivity index (χ2n) is 2.48. The van der Waals surface area contributed by atoms with E-state index in [1.54, 1.807) is 37.4 Å². The molecule has 0 radical (unpaired) electrons. The van der Waals surface area contributed by atoms with E-state index < -0.39 is 5.60 Å². The lowest BCUT2D eigenvalue weighted by molar-refractivity contribution is 0.129. The molecule has 0 aromatic rings. The van der Waals surface area contributed by atoms with Gasteiger partial charge in [0.2, 0.25) is 0 Å². The van der Waals surface area contributed by atoms with Crippen molar-refractivity contribution in [3.63, 3.8) is 0 Å². The van der Waals surface area contributed by atoms with Gasteiger partial charge in [-0.3, -0.25) is 0 Å². The number of thioether (sulfide) groups is 2. The van der Waals surface area contributed by atoms with Gasteiger partial charge >= 0.3 is 0 Å². The molecule has 0 bridgehead atoms. The molecule has 0 fully saturated rings. The van der Waals surface area contributed by atoms with Gasteiger partial charge in [-0.15, -0.1) is 23.5 Å². The van der Waals surface area contributed by atoms with Crippen molar-refractivity contribution in [1.29, 1.82) is 0 Å². The summed E-state index contributed by atoms with van der Waals surface area (Å²) < 4.78 is 0. The highest BCUT2D eigenvalue weighted by Crippen LogP contribution is 2.27. The zero-order valence-electron chi connectivity index (χ0n) is 6.84. The number of hydrogen-bond acceptors (Lipinski definition) is 3. The number of rotatable bonds is 3. The van der Waals surface area contributed by atoms with Gasteiger partial charge in [-0.25, -0.2) is 0 Å². The summed E-state index contributed by atoms with van der Waals surface area (Å²) in [6.45, 7) is 3.59. The standard InChI is InChI=1S/C7H14OS2/c1-7(2,8)6(10-4)5-9-3/h5,8H,1-4H3/b6-5+. The molecule has 0 rings (SSSR count). The highest BCUT2D eigenvalue weighted by Gasteiger charge is 2.17. The van der Waals surface area contributed by atoms with Crippen LogP contribution in [0.4, 0.5) is 0 Å². The van der Waals surface area contributed by atoms with Crippen molar-refractivity contribution in [3.8, 4) is 0 Å². The maximum absolute atomic E-state index is 9.51. The van der Waals surface area contributed by atoms with Gasteiger partial charge in [0, 0.05) is 4.91 Å². The molecule has 0 unspecified atom stereocenters. The van der Waals surface area contributed by atoms with E-state index in [0.29, 0.717) is 0 Å². The van der Waals surface area contributed by atoms with Gasteiger partial charge in [-0.1, -0.05) is 0 Å². The minimum Gasteiger partial charge on any atom is -0.385 e. The first kappa shape index (κ1) is 10.4. The lowest BCUT2D eigenvalue weighted by Crippen LogP contribution is -2.19. The van der Waals surface area contributed by atoms with Crippen LogP contribution in [0, 0.1) is 0 Å². The summed E-state index contributed by atoms with van der Waals surface area (Å²) in [6, 6.07) is 0. The van der Waals surface area contributed by atoms with Crippen LogP contribution in [0.3, 0.4) is 0 Å². The minimum atomic E-state index is -0.678. The Bertz CT molecular complexity index is 124. The molecular weight excluding hydrogens is 164 g/mol. The maximum Gasteiger partial charge on any atom is 0.0903 e. The van der Waals surface area contributed by atoms with Crippen molar-refractivity contribution in [2.75, 3.05) is 12.5 Å². The molecule has 0 atom stereocenters. The summed E-state index contributed by atoms with van der Waals surface area (Å²) in [5.74, 6) is 0. The summed E-state index contributed by atoms with van der Waals surface area (Å²) >= 11 is 3.21. The van der Waals surface area contributed by atoms with Crippen molar-refractivity contribution in [2.45, 2.75) is 19.4 Å². The molecule has 0 saturated heterocycles. The van der Waals surface area contributed by atoms with Crippen LogP contribution in [0.25, 0.3) is 0 Å². The van der Waals surface area contributed by atoms with Gasteiger partial charge in [-0.2, -0.15) is 0 Å². The molecule has 0 aliphatic rings. The van der Waals surface area contributed by atoms with Gasteiger partial charge in [0.15, 0.2) is 0 Å². The molecule has 0 heterocycles. The third-order valence-electron chi connectivity index (χ3n) is 1.05. The Morgan fingerprint density at radius 1 is 1.40 bits per heavy atom. The van der Waals surface area contributed by atoms with Crippen LogP contribution in [-0.2, 0) is 0 Å². The van der Waals surface area contributed by atoms with Gasteiger partial charge in [0.25, 0.3) is 0 Å². The lowest BCUT2D eigenvalue weighted by atomic mass is 10.1. The normalized spacial score (nSPS) is 13.9. The number of hydrogen-bond donors (Lipinski definition) is 1. The Morgan fingerprint density at radius 3 is 2.00 bits per heavy atom. The summed E-state index contributed by atoms with van der Waals surface area (Å²) in [5.41, 5.74) is -0.678. The topological polar surface area (TPSA) is 20.2 Å². The Morgan fingerprint density at radius 2 is 1.90 bits per heavy atom. The van der Waals surface area contributed by atoms with Crippen molar-refractivity contribution in [1.82, 2.24) is 0 Å². The molecule has 60 valence electrons. The molecule has 0 aliphatic heterocycles. The molecule has 10 heavy (non-hydrogen) atoms. The average Bonchev–Trinajstić information content (AvgIpc) is 1.80. The van der Waals surface area contributed by atoms with Crippen LogP contribution in [0.5, 0.6) is 0 Å². The van der Waals surface area contributed by atoms with Gasteiger partial charge in [-0.05, 0) is 31.8 Å². The van der Waals surface area contributed by atoms with Crippen LogP contribution in [-0.4, -0.2) is 23.2 Å². The van der Waals surface area contributed by atoms with Crippen LogP contribution < -0.4 is 0 Å². The number of aliphatic hydroxyl groups is 1. The van der Waals surface area contributed by atoms with E-state index in [1.165, 1.54) is 0 Å². The molecule has 0 saturated carbocycles. The second kappa shape index (κ2) is 4.31. The molecule has 0 aromatic heterocycles. The van der Waals surface area contributed by atoms with E-state index in [0.717, 1.165) is 4.91 Å². The molecule has 0 aliphatic carbocycles. The van der Waals surface area contributed by atoms with Crippen LogP contribution in [0.1, 0.15) is 13.8 Å². The van der Waals surface area contributed by atoms with Crippen molar-refractivity contribution >= 4 is 23.5 Å². The highest BCUT2D eigenvalue weighted by molar-refractivity contribution is 8.05. The smallest absolute Gasteiger partial charge is 0.0903 e. The van der Waals surface area contributed by atoms with Crippen molar-refractivity contribution in [2.24, 2.45) is 0 Å². The Balaban J connectivity index is 4.21. The fraction of sp³-hybridized carbons (Fsp3) is 0.714. The molecular formula is C7H14OS2. The molecule has 3 heteroatoms. The Labute approximate surface area is 71.3 Å². The summed E-state index contributed by atoms with van der Waals surface area (Å²) in [6.07, 6.45) is 3.96. The monoisotopic (exact) mass is 178 g/mol. The summed E-state index contributed by atoms with van der Waals surface area (Å²) in [7, 11) is 0. The fourth-order valence-electron chi connectivity index (χ4n) is 0.549. The SMILES string of the molecule is CS/C=C(/SC)C(C)(C)O. The van der Waals surface area contributed by atoms with Crippen LogP contribution >= 0.6 is 23.5 Å². The van der Waals surface area contributed by atoms with E-state index in [-0.39, 0.29) is 0 Å². The van der Waals surface area contributed by atoms with Crippen molar-refractivity contribution in [3.05, 3.63) is 10.3 Å². The maximum atomic E-state index is 9.51. The molecule has 0 amide bonds. The largest absolute Gasteiger partial charge is 0.385 e. The Hall–Kier alpha value is 0.400. The zero-order chi connectivity index (χ0) is 8.20. The summed E-state index contributed by atoms with van der Waals surface area (Å²) in [5, 5.41) is 11.5. The molecule has 0 aromatic carbocycles. The van der Waals surface area contributed by atoms with Crippen LogP contribution in [0.15, 0.2) is 10.3 Å². The fourth-order valence-corrected chi connectivity index (χ4v) is 2.22. The quantitative estimate of drug-likeness (QED) is 0.716. The van der Waals surface area contributed by atoms with Gasteiger partial charge in [0.05, 0.1) is 5.60 Å². The van der Waals surface area contributed by atoms with Gasteiger partial charge < -0.3 is 5.11 Å². The predicted molar refractivity (Wildman–Crippen MR) is 51.4 cm³/mol. The third-order valence-corrected chi connectivity index (χ3v) is 2.73. The zero-order valence-corrected chi connectivity index (χ0v) is 8.47. The van der Waals surface area contributed by atoms with E-state index in [2.05, 4.69) is 0 Å². The molecule has 1 nitrogen and oxygen atoms in total. The average molecular weight is 178 g/mol. The molecule has 0 spiro atoms. The first-order valence-corrected chi connectivity index (χ1v) is 5.53. The van der Waals surface area contributed by atoms with E-state index in [9.17, 15) is 5.11 Å². The lowest BCUT2D eigenvalue weighted by Gasteiger charge is -2.19. The highest BCUT2D eigenvalue weighted by atomic mass is 32.2. The third kappa shape index (κ3) is 3.54. The van der Waals surface area contributed by atoms with Crippen LogP contribution in [0.2, 0.25) is 0 Å². The van der Waals surface area contributed by atoms with E-state index in [4.69, 9.17) is 0 Å². The Kier molecular flexibility index (Phi) is 4.49. The first-order chi connectivity index (χ1) is 4.52. The summed E-state index contributed by atoms with van der Waals surface area (Å²) in [4.78, 5) is 1.01. The van der Waals surface area contributed by atoms with E-state index in [1.807, 2.05) is 17.9 Å². The van der Waals surface area contributed by atoms with Crippen molar-refractivity contribution < 1.29 is 5.11 Å².